The lowest BCUT2D eigenvalue weighted by atomic mass is 9.83. The van der Waals surface area contributed by atoms with E-state index in [-0.39, 0.29) is 24.0 Å². The highest BCUT2D eigenvalue weighted by Gasteiger charge is 2.33. The van der Waals surface area contributed by atoms with E-state index in [1.165, 1.54) is 32.1 Å². The Morgan fingerprint density at radius 3 is 2.79 bits per heavy atom. The zero-order chi connectivity index (χ0) is 20.4. The van der Waals surface area contributed by atoms with Crippen LogP contribution in [0.15, 0.2) is 18.2 Å². The van der Waals surface area contributed by atoms with E-state index in [1.54, 1.807) is 0 Å². The Morgan fingerprint density at radius 1 is 1.28 bits per heavy atom. The van der Waals surface area contributed by atoms with Crippen molar-refractivity contribution >= 4 is 17.5 Å². The van der Waals surface area contributed by atoms with Crippen LogP contribution in [0, 0.1) is 5.92 Å². The highest BCUT2D eigenvalue weighted by molar-refractivity contribution is 5.99. The number of nitrogens with zero attached hydrogens (tertiary/aromatic N) is 2. The molecule has 1 unspecified atom stereocenters. The van der Waals surface area contributed by atoms with Gasteiger partial charge in [-0.15, -0.1) is 0 Å². The van der Waals surface area contributed by atoms with Gasteiger partial charge in [-0.2, -0.15) is 0 Å². The number of likely N-dealkylation sites (N-methyl/N-ethyl adjacent to an activating group) is 1. The van der Waals surface area contributed by atoms with Gasteiger partial charge in [0.05, 0.1) is 18.9 Å². The molecule has 3 aliphatic rings. The molecule has 0 bridgehead atoms. The summed E-state index contributed by atoms with van der Waals surface area (Å²) >= 11 is 0. The number of anilines is 1. The van der Waals surface area contributed by atoms with Gasteiger partial charge in [-0.25, -0.2) is 0 Å². The first kappa shape index (κ1) is 20.4. The van der Waals surface area contributed by atoms with Crippen LogP contribution < -0.4 is 5.32 Å². The molecule has 2 fully saturated rings. The third kappa shape index (κ3) is 4.81. The number of likely N-dealkylation sites (tertiary alicyclic amines) is 1. The van der Waals surface area contributed by atoms with Crippen molar-refractivity contribution in [3.8, 4) is 0 Å². The lowest BCUT2D eigenvalue weighted by Gasteiger charge is -2.39. The largest absolute Gasteiger partial charge is 0.392 e. The smallest absolute Gasteiger partial charge is 0.228 e. The molecule has 29 heavy (non-hydrogen) atoms. The number of fused-ring (bicyclic) bond motifs is 1. The number of benzene rings is 1. The van der Waals surface area contributed by atoms with Gasteiger partial charge in [-0.1, -0.05) is 31.4 Å². The van der Waals surface area contributed by atoms with Crippen LogP contribution in [0.3, 0.4) is 0 Å². The number of amides is 2. The molecule has 158 valence electrons. The number of carbonyl (C=O) groups excluding carboxylic acids is 2. The second-order valence-corrected chi connectivity index (χ2v) is 9.07. The maximum absolute atomic E-state index is 13.2. The average Bonchev–Trinajstić information content (AvgIpc) is 3.30. The second kappa shape index (κ2) is 8.84. The number of aliphatic hydroxyl groups is 1. The molecule has 2 aliphatic heterocycles. The first-order chi connectivity index (χ1) is 14.0. The van der Waals surface area contributed by atoms with Crippen LogP contribution >= 0.6 is 0 Å². The molecule has 6 nitrogen and oxygen atoms in total. The zero-order valence-corrected chi connectivity index (χ0v) is 17.4. The molecule has 2 atom stereocenters. The van der Waals surface area contributed by atoms with Crippen LogP contribution in [-0.4, -0.2) is 65.5 Å². The lowest BCUT2D eigenvalue weighted by molar-refractivity contribution is -0.133. The minimum absolute atomic E-state index is 0.0192. The number of carbonyl (C=O) groups is 2. The van der Waals surface area contributed by atoms with E-state index in [9.17, 15) is 14.7 Å². The summed E-state index contributed by atoms with van der Waals surface area (Å²) in [6.07, 6.45) is 7.53. The van der Waals surface area contributed by atoms with E-state index in [1.807, 2.05) is 30.1 Å². The first-order valence-electron chi connectivity index (χ1n) is 11.1. The molecular formula is C23H33N3O3. The van der Waals surface area contributed by atoms with Crippen molar-refractivity contribution in [2.24, 2.45) is 5.92 Å². The van der Waals surface area contributed by atoms with Gasteiger partial charge >= 0.3 is 0 Å². The van der Waals surface area contributed by atoms with Gasteiger partial charge in [0, 0.05) is 38.4 Å². The first-order valence-corrected chi connectivity index (χ1v) is 11.1. The van der Waals surface area contributed by atoms with Crippen LogP contribution in [-0.2, 0) is 22.4 Å². The monoisotopic (exact) mass is 399 g/mol. The standard InChI is InChI=1S/C23H33N3O3/c1-25(23(29)12-16-7-8-18-13-22(28)24-20(18)11-16)21(17-5-3-2-4-6-17)15-26-10-9-19(27)14-26/h7-8,11,17,19,21,27H,2-6,9-10,12-15H2,1H3,(H,24,28)/t19?,21-/m1/s1. The summed E-state index contributed by atoms with van der Waals surface area (Å²) < 4.78 is 0. The summed E-state index contributed by atoms with van der Waals surface area (Å²) in [7, 11) is 1.95. The summed E-state index contributed by atoms with van der Waals surface area (Å²) in [6, 6.07) is 6.07. The quantitative estimate of drug-likeness (QED) is 0.769. The average molecular weight is 400 g/mol. The van der Waals surface area contributed by atoms with Crippen LogP contribution in [0.4, 0.5) is 5.69 Å². The third-order valence-electron chi connectivity index (χ3n) is 6.93. The molecule has 0 radical (unpaired) electrons. The maximum Gasteiger partial charge on any atom is 0.228 e. The van der Waals surface area contributed by atoms with Crippen molar-refractivity contribution in [2.45, 2.75) is 63.5 Å². The Balaban J connectivity index is 1.44. The van der Waals surface area contributed by atoms with E-state index in [2.05, 4.69) is 10.2 Å². The Labute approximate surface area is 173 Å². The number of rotatable bonds is 6. The SMILES string of the molecule is CN(C(=O)Cc1ccc2c(c1)NC(=O)C2)[C@H](CN1CCC(O)C1)C1CCCCC1. The van der Waals surface area contributed by atoms with Gasteiger partial charge in [0.2, 0.25) is 11.8 Å². The highest BCUT2D eigenvalue weighted by Crippen LogP contribution is 2.30. The molecule has 6 heteroatoms. The molecule has 1 aliphatic carbocycles. The minimum Gasteiger partial charge on any atom is -0.392 e. The molecule has 1 aromatic rings. The lowest BCUT2D eigenvalue weighted by Crippen LogP contribution is -2.49. The van der Waals surface area contributed by atoms with Gasteiger partial charge in [0.1, 0.15) is 0 Å². The normalized spacial score (nSPS) is 23.7. The molecule has 1 saturated carbocycles. The van der Waals surface area contributed by atoms with Crippen molar-refractivity contribution < 1.29 is 14.7 Å². The minimum atomic E-state index is -0.232. The molecule has 1 saturated heterocycles. The summed E-state index contributed by atoms with van der Waals surface area (Å²) in [5.74, 6) is 0.685. The van der Waals surface area contributed by atoms with E-state index in [4.69, 9.17) is 0 Å². The molecule has 2 heterocycles. The van der Waals surface area contributed by atoms with Gasteiger partial charge in [0.25, 0.3) is 0 Å². The number of β-amino-alcohol motifs (C(OH)–C–C–N with tert-alkyl or cyclic N) is 1. The molecule has 2 amide bonds. The predicted octanol–water partition coefficient (Wildman–Crippen LogP) is 2.20. The molecule has 4 rings (SSSR count). The number of aliphatic hydroxyl groups excluding tert-OH is 1. The Kier molecular flexibility index (Phi) is 6.20. The fourth-order valence-electron chi connectivity index (χ4n) is 5.21. The number of hydrogen-bond donors (Lipinski definition) is 2. The van der Waals surface area contributed by atoms with Gasteiger partial charge in [0.15, 0.2) is 0 Å². The maximum atomic E-state index is 13.2. The Hall–Kier alpha value is -1.92. The molecule has 0 spiro atoms. The molecule has 0 aromatic heterocycles. The van der Waals surface area contributed by atoms with E-state index < -0.39 is 0 Å². The molecule has 2 N–H and O–H groups in total. The van der Waals surface area contributed by atoms with E-state index in [0.717, 1.165) is 42.9 Å². The fourth-order valence-corrected chi connectivity index (χ4v) is 5.21. The van der Waals surface area contributed by atoms with Gasteiger partial charge in [-0.3, -0.25) is 14.5 Å². The summed E-state index contributed by atoms with van der Waals surface area (Å²) in [6.45, 7) is 2.48. The van der Waals surface area contributed by atoms with Crippen LogP contribution in [0.1, 0.15) is 49.7 Å². The predicted molar refractivity (Wildman–Crippen MR) is 113 cm³/mol. The van der Waals surface area contributed by atoms with Crippen molar-refractivity contribution in [2.75, 3.05) is 32.0 Å². The van der Waals surface area contributed by atoms with Crippen molar-refractivity contribution in [3.05, 3.63) is 29.3 Å². The van der Waals surface area contributed by atoms with Crippen LogP contribution in [0.5, 0.6) is 0 Å². The van der Waals surface area contributed by atoms with Crippen molar-refractivity contribution in [1.29, 1.82) is 0 Å². The van der Waals surface area contributed by atoms with Crippen LogP contribution in [0.25, 0.3) is 0 Å². The summed E-state index contributed by atoms with van der Waals surface area (Å²) in [5.41, 5.74) is 2.80. The van der Waals surface area contributed by atoms with E-state index in [0.29, 0.717) is 18.8 Å². The van der Waals surface area contributed by atoms with Crippen molar-refractivity contribution in [1.82, 2.24) is 9.80 Å². The van der Waals surface area contributed by atoms with Gasteiger partial charge in [-0.05, 0) is 42.4 Å². The third-order valence-corrected chi connectivity index (χ3v) is 6.93. The Morgan fingerprint density at radius 2 is 2.07 bits per heavy atom. The fraction of sp³-hybridized carbons (Fsp3) is 0.652. The topological polar surface area (TPSA) is 72.9 Å². The molecular weight excluding hydrogens is 366 g/mol. The molecule has 1 aromatic carbocycles. The Bertz CT molecular complexity index is 760. The van der Waals surface area contributed by atoms with E-state index >= 15 is 0 Å². The van der Waals surface area contributed by atoms with Crippen LogP contribution in [0.2, 0.25) is 0 Å². The highest BCUT2D eigenvalue weighted by atomic mass is 16.3. The summed E-state index contributed by atoms with van der Waals surface area (Å²) in [5, 5.41) is 12.8. The number of hydrogen-bond acceptors (Lipinski definition) is 4. The number of nitrogens with one attached hydrogen (secondary N) is 1. The zero-order valence-electron chi connectivity index (χ0n) is 17.4. The summed E-state index contributed by atoms with van der Waals surface area (Å²) in [4.78, 5) is 29.0. The van der Waals surface area contributed by atoms with Crippen molar-refractivity contribution in [3.63, 3.8) is 0 Å². The van der Waals surface area contributed by atoms with Gasteiger partial charge < -0.3 is 15.3 Å². The second-order valence-electron chi connectivity index (χ2n) is 9.07.